The molecule has 179 valence electrons. The summed E-state index contributed by atoms with van der Waals surface area (Å²) in [7, 11) is -1.03. The molecule has 1 aliphatic rings. The maximum absolute atomic E-state index is 13.1. The van der Waals surface area contributed by atoms with Gasteiger partial charge in [0.25, 0.3) is 0 Å². The van der Waals surface area contributed by atoms with E-state index in [4.69, 9.17) is 9.16 Å². The Hall–Kier alpha value is -2.20. The van der Waals surface area contributed by atoms with Crippen molar-refractivity contribution in [1.29, 1.82) is 0 Å². The quantitative estimate of drug-likeness (QED) is 0.350. The normalized spacial score (nSPS) is 18.6. The zero-order valence-electron chi connectivity index (χ0n) is 20.5. The summed E-state index contributed by atoms with van der Waals surface area (Å²) in [5.74, 6) is -0.185. The number of ether oxygens (including phenoxy) is 1. The molecule has 2 heterocycles. The highest BCUT2D eigenvalue weighted by molar-refractivity contribution is 6.48. The van der Waals surface area contributed by atoms with Gasteiger partial charge in [-0.1, -0.05) is 41.5 Å². The minimum Gasteiger partial charge on any atom is -0.449 e. The van der Waals surface area contributed by atoms with Crippen LogP contribution in [-0.2, 0) is 9.16 Å². The molecule has 1 radical (unpaired) electrons. The molecule has 2 atom stereocenters. The van der Waals surface area contributed by atoms with Crippen molar-refractivity contribution in [2.24, 2.45) is 10.8 Å². The van der Waals surface area contributed by atoms with Crippen LogP contribution in [-0.4, -0.2) is 68.3 Å². The minimum absolute atomic E-state index is 0.125. The first kappa shape index (κ1) is 26.1. The third kappa shape index (κ3) is 7.16. The van der Waals surface area contributed by atoms with Crippen LogP contribution in [0.25, 0.3) is 0 Å². The number of piperazine rings is 1. The standard InChI is InChI=1S/C22H37N4O5Si/c1-21(2,3)15-30-20(27)25-12-11-24(16-9-10-18(23-13-16)26(28)29)14-17(25)19(22(4,5)6)31-32(7)8/h9-10,13,17,19H,11-12,14-15H2,1-8H3/t17-,19?/m1/s1. The van der Waals surface area contributed by atoms with Gasteiger partial charge in [-0.15, -0.1) is 0 Å². The monoisotopic (exact) mass is 465 g/mol. The van der Waals surface area contributed by atoms with Crippen LogP contribution in [0.4, 0.5) is 16.3 Å². The topological polar surface area (TPSA) is 98.0 Å². The highest BCUT2D eigenvalue weighted by Gasteiger charge is 2.43. The van der Waals surface area contributed by atoms with Crippen molar-refractivity contribution in [2.75, 3.05) is 31.1 Å². The third-order valence-electron chi connectivity index (χ3n) is 5.13. The Bertz CT molecular complexity index is 789. The molecule has 0 aliphatic carbocycles. The van der Waals surface area contributed by atoms with E-state index in [9.17, 15) is 14.9 Å². The lowest BCUT2D eigenvalue weighted by Crippen LogP contribution is -2.63. The third-order valence-corrected chi connectivity index (χ3v) is 5.86. The van der Waals surface area contributed by atoms with Crippen LogP contribution in [0.1, 0.15) is 41.5 Å². The van der Waals surface area contributed by atoms with E-state index in [-0.39, 0.29) is 34.9 Å². The summed E-state index contributed by atoms with van der Waals surface area (Å²) in [6.45, 7) is 18.5. The summed E-state index contributed by atoms with van der Waals surface area (Å²) in [5, 5.41) is 11.0. The van der Waals surface area contributed by atoms with Crippen molar-refractivity contribution in [3.05, 3.63) is 28.4 Å². The van der Waals surface area contributed by atoms with Crippen molar-refractivity contribution in [1.82, 2.24) is 9.88 Å². The van der Waals surface area contributed by atoms with Gasteiger partial charge in [-0.25, -0.2) is 4.79 Å². The van der Waals surface area contributed by atoms with Gasteiger partial charge in [0.05, 0.1) is 24.4 Å². The fourth-order valence-corrected chi connectivity index (χ4v) is 4.67. The molecule has 0 bridgehead atoms. The van der Waals surface area contributed by atoms with Gasteiger partial charge in [-0.2, -0.15) is 0 Å². The zero-order valence-corrected chi connectivity index (χ0v) is 21.5. The van der Waals surface area contributed by atoms with Crippen LogP contribution < -0.4 is 4.90 Å². The Balaban J connectivity index is 2.32. The lowest BCUT2D eigenvalue weighted by Gasteiger charge is -2.48. The number of nitro groups is 1. The molecule has 32 heavy (non-hydrogen) atoms. The van der Waals surface area contributed by atoms with Crippen LogP contribution in [0, 0.1) is 20.9 Å². The number of nitrogens with zero attached hydrogens (tertiary/aromatic N) is 4. The molecule has 0 saturated carbocycles. The molecular formula is C22H37N4O5Si. The van der Waals surface area contributed by atoms with Crippen LogP contribution in [0.3, 0.4) is 0 Å². The average molecular weight is 466 g/mol. The summed E-state index contributed by atoms with van der Waals surface area (Å²) >= 11 is 0. The van der Waals surface area contributed by atoms with Gasteiger partial charge in [0.15, 0.2) is 6.20 Å². The van der Waals surface area contributed by atoms with Gasteiger partial charge in [-0.3, -0.25) is 4.90 Å². The molecule has 1 saturated heterocycles. The molecule has 9 nitrogen and oxygen atoms in total. The van der Waals surface area contributed by atoms with Gasteiger partial charge < -0.3 is 24.2 Å². The van der Waals surface area contributed by atoms with E-state index in [1.54, 1.807) is 11.0 Å². The van der Waals surface area contributed by atoms with Crippen LogP contribution in [0.15, 0.2) is 18.3 Å². The fraction of sp³-hybridized carbons (Fsp3) is 0.727. The summed E-state index contributed by atoms with van der Waals surface area (Å²) in [4.78, 5) is 31.4. The lowest BCUT2D eigenvalue weighted by atomic mass is 9.83. The van der Waals surface area contributed by atoms with E-state index in [0.717, 1.165) is 5.69 Å². The van der Waals surface area contributed by atoms with Gasteiger partial charge in [-0.05, 0) is 39.9 Å². The number of aromatic nitrogens is 1. The lowest BCUT2D eigenvalue weighted by molar-refractivity contribution is -0.389. The second-order valence-electron chi connectivity index (χ2n) is 10.8. The van der Waals surface area contributed by atoms with Crippen LogP contribution >= 0.6 is 0 Å². The molecule has 0 spiro atoms. The molecule has 10 heteroatoms. The van der Waals surface area contributed by atoms with E-state index in [1.165, 1.54) is 12.3 Å². The van der Waals surface area contributed by atoms with Crippen molar-refractivity contribution in [2.45, 2.75) is 66.8 Å². The Morgan fingerprint density at radius 3 is 2.38 bits per heavy atom. The van der Waals surface area contributed by atoms with Gasteiger partial charge in [0.2, 0.25) is 9.04 Å². The molecule has 0 aromatic carbocycles. The summed E-state index contributed by atoms with van der Waals surface area (Å²) in [6, 6.07) is 2.88. The van der Waals surface area contributed by atoms with Crippen molar-refractivity contribution in [3.8, 4) is 0 Å². The first-order valence-electron chi connectivity index (χ1n) is 10.9. The molecule has 2 rings (SSSR count). The average Bonchev–Trinajstić information content (AvgIpc) is 2.68. The number of hydrogen-bond acceptors (Lipinski definition) is 7. The summed E-state index contributed by atoms with van der Waals surface area (Å²) in [5.41, 5.74) is 0.459. The number of rotatable bonds is 6. The number of amides is 1. The Labute approximate surface area is 193 Å². The number of carbonyl (C=O) groups is 1. The van der Waals surface area contributed by atoms with Gasteiger partial charge in [0.1, 0.15) is 0 Å². The molecule has 1 aliphatic heterocycles. The predicted octanol–water partition coefficient (Wildman–Crippen LogP) is 4.35. The highest BCUT2D eigenvalue weighted by atomic mass is 28.3. The largest absolute Gasteiger partial charge is 0.449 e. The minimum atomic E-state index is -1.03. The number of carbonyl (C=O) groups excluding carboxylic acids is 1. The van der Waals surface area contributed by atoms with E-state index >= 15 is 0 Å². The zero-order chi connectivity index (χ0) is 24.3. The summed E-state index contributed by atoms with van der Waals surface area (Å²) < 4.78 is 12.1. The van der Waals surface area contributed by atoms with E-state index in [1.807, 2.05) is 20.8 Å². The maximum atomic E-state index is 13.1. The smallest absolute Gasteiger partial charge is 0.410 e. The van der Waals surface area contributed by atoms with Gasteiger partial charge >= 0.3 is 11.9 Å². The van der Waals surface area contributed by atoms with Crippen molar-refractivity contribution >= 4 is 26.6 Å². The maximum Gasteiger partial charge on any atom is 0.410 e. The van der Waals surface area contributed by atoms with Crippen LogP contribution in [0.2, 0.25) is 13.1 Å². The molecule has 1 amide bonds. The van der Waals surface area contributed by atoms with E-state index in [0.29, 0.717) is 26.2 Å². The van der Waals surface area contributed by atoms with Crippen molar-refractivity contribution < 1.29 is 18.9 Å². The molecule has 1 aromatic heterocycles. The first-order valence-corrected chi connectivity index (χ1v) is 13.4. The van der Waals surface area contributed by atoms with Gasteiger partial charge in [0, 0.05) is 25.7 Å². The fourth-order valence-electron chi connectivity index (χ4n) is 3.65. The Kier molecular flexibility index (Phi) is 8.27. The number of hydrogen-bond donors (Lipinski definition) is 0. The first-order chi connectivity index (χ1) is 14.7. The molecular weight excluding hydrogens is 428 g/mol. The summed E-state index contributed by atoms with van der Waals surface area (Å²) in [6.07, 6.45) is 0.998. The number of anilines is 1. The van der Waals surface area contributed by atoms with Crippen molar-refractivity contribution in [3.63, 3.8) is 0 Å². The van der Waals surface area contributed by atoms with E-state index in [2.05, 4.69) is 43.7 Å². The molecule has 1 fully saturated rings. The highest BCUT2D eigenvalue weighted by Crippen LogP contribution is 2.32. The van der Waals surface area contributed by atoms with E-state index < -0.39 is 14.0 Å². The second-order valence-corrected chi connectivity index (χ2v) is 12.8. The SMILES string of the molecule is C[Si](C)OC([C@H]1CN(c2ccc([N+](=O)[O-])nc2)CCN1C(=O)OCC(C)(C)C)C(C)(C)C. The molecule has 0 N–H and O–H groups in total. The Morgan fingerprint density at radius 2 is 1.91 bits per heavy atom. The number of pyridine rings is 1. The Morgan fingerprint density at radius 1 is 1.25 bits per heavy atom. The second kappa shape index (κ2) is 10.2. The molecule has 1 unspecified atom stereocenters. The van der Waals surface area contributed by atoms with Crippen LogP contribution in [0.5, 0.6) is 0 Å². The molecule has 1 aromatic rings. The predicted molar refractivity (Wildman–Crippen MR) is 126 cm³/mol.